The quantitative estimate of drug-likeness (QED) is 0.0486. The number of morpholine rings is 1. The lowest BCUT2D eigenvalue weighted by atomic mass is 9.65. The van der Waals surface area contributed by atoms with Gasteiger partial charge in [-0.15, -0.1) is 6.58 Å². The van der Waals surface area contributed by atoms with Crippen molar-refractivity contribution in [3.05, 3.63) is 144 Å². The van der Waals surface area contributed by atoms with Crippen LogP contribution < -0.4 is 15.0 Å². The molecule has 3 aliphatic heterocycles. The number of ether oxygens (including phenoxy) is 4. The number of esters is 1. The van der Waals surface area contributed by atoms with E-state index in [1.165, 1.54) is 13.2 Å². The Morgan fingerprint density at radius 1 is 0.891 bits per heavy atom. The number of carbonyl (C=O) groups is 4. The summed E-state index contributed by atoms with van der Waals surface area (Å²) in [7, 11) is 1.46. The number of nitrogens with zero attached hydrogens (tertiary/aromatic N) is 2. The lowest BCUT2D eigenvalue weighted by molar-refractivity contribution is -0.178. The number of fused-ring (bicyclic) bond motifs is 3. The highest BCUT2D eigenvalue weighted by Gasteiger charge is 2.76. The van der Waals surface area contributed by atoms with Crippen molar-refractivity contribution in [3.63, 3.8) is 0 Å². The molecule has 64 heavy (non-hydrogen) atoms. The number of rotatable bonds is 12. The third kappa shape index (κ3) is 8.07. The number of benzene rings is 4. The first-order chi connectivity index (χ1) is 31.2. The summed E-state index contributed by atoms with van der Waals surface area (Å²) in [6.45, 7) is 3.25. The zero-order chi connectivity index (χ0) is 44.8. The van der Waals surface area contributed by atoms with Crippen LogP contribution in [0.2, 0.25) is 0 Å². The van der Waals surface area contributed by atoms with Gasteiger partial charge in [0.2, 0.25) is 11.8 Å². The van der Waals surface area contributed by atoms with Gasteiger partial charge in [-0.25, -0.2) is 9.69 Å². The Hall–Kier alpha value is -6.30. The molecular formula is C51H53N3O10. The average molecular weight is 868 g/mol. The number of cyclic esters (lactones) is 1. The van der Waals surface area contributed by atoms with Crippen LogP contribution in [-0.2, 0) is 34.0 Å². The molecule has 4 aromatic carbocycles. The van der Waals surface area contributed by atoms with Crippen molar-refractivity contribution >= 4 is 29.6 Å². The van der Waals surface area contributed by atoms with E-state index in [1.807, 2.05) is 65.6 Å². The largest absolute Gasteiger partial charge is 0.491 e. The Kier molecular flexibility index (Phi) is 13.3. The Morgan fingerprint density at radius 3 is 2.27 bits per heavy atom. The Bertz CT molecular complexity index is 2420. The molecule has 332 valence electrons. The fourth-order valence-electron chi connectivity index (χ4n) is 10.1. The smallest absolute Gasteiger partial charge is 0.421 e. The second-order valence-corrected chi connectivity index (χ2v) is 16.6. The molecule has 0 bridgehead atoms. The number of methoxy groups -OCH3 is 1. The summed E-state index contributed by atoms with van der Waals surface area (Å²) in [5, 5.41) is 24.6. The molecule has 3 fully saturated rings. The van der Waals surface area contributed by atoms with Gasteiger partial charge in [0.15, 0.2) is 0 Å². The van der Waals surface area contributed by atoms with Gasteiger partial charge < -0.3 is 34.5 Å². The Balaban J connectivity index is 1.46. The summed E-state index contributed by atoms with van der Waals surface area (Å²) in [4.78, 5) is 64.0. The van der Waals surface area contributed by atoms with Gasteiger partial charge in [0.1, 0.15) is 42.1 Å². The highest BCUT2D eigenvalue weighted by atomic mass is 16.6. The summed E-state index contributed by atoms with van der Waals surface area (Å²) in [5.74, 6) is 2.84. The number of anilines is 1. The minimum absolute atomic E-state index is 0.00325. The molecule has 8 rings (SSSR count). The maximum Gasteiger partial charge on any atom is 0.421 e. The molecule has 6 atom stereocenters. The molecule has 0 unspecified atom stereocenters. The molecule has 1 aliphatic carbocycles. The number of aliphatic hydroxyl groups is 2. The highest BCUT2D eigenvalue weighted by Crippen LogP contribution is 2.66. The molecular weight excluding hydrogens is 815 g/mol. The monoisotopic (exact) mass is 867 g/mol. The molecule has 13 heteroatoms. The molecule has 0 aromatic heterocycles. The summed E-state index contributed by atoms with van der Waals surface area (Å²) in [5.41, 5.74) is -0.697. The van der Waals surface area contributed by atoms with Crippen molar-refractivity contribution < 1.29 is 48.3 Å². The first-order valence-corrected chi connectivity index (χ1v) is 21.9. The molecule has 1 saturated carbocycles. The number of aliphatic hydroxyl groups excluding tert-OH is 1. The van der Waals surface area contributed by atoms with Gasteiger partial charge in [-0.2, -0.15) is 0 Å². The molecule has 2 saturated heterocycles. The first-order valence-electron chi connectivity index (χ1n) is 21.9. The SMILES string of the molecule is C=CCNC(=O)[C@H]1[C@@H]2C(=O)O[C@@H](c3ccccc3)[C@@H](c3ccccc3)N2[C@@H](c2ccccc2OCCO)[C@]12C(=O)N(C(=O)OCCOC)c1ccc(C#CC3(O)CCCCCC3)cc12. The molecule has 3 amide bonds. The molecule has 4 aliphatic rings. The number of imide groups is 1. The van der Waals surface area contributed by atoms with Gasteiger partial charge in [-0.1, -0.05) is 110 Å². The van der Waals surface area contributed by atoms with Crippen LogP contribution in [0.3, 0.4) is 0 Å². The Morgan fingerprint density at radius 2 is 1.58 bits per heavy atom. The molecule has 1 spiro atoms. The van der Waals surface area contributed by atoms with E-state index >= 15 is 14.4 Å². The van der Waals surface area contributed by atoms with Crippen LogP contribution in [0.5, 0.6) is 5.75 Å². The van der Waals surface area contributed by atoms with Gasteiger partial charge in [-0.05, 0) is 66.6 Å². The van der Waals surface area contributed by atoms with Gasteiger partial charge in [0, 0.05) is 24.8 Å². The number of amides is 3. The van der Waals surface area contributed by atoms with E-state index in [1.54, 1.807) is 42.5 Å². The van der Waals surface area contributed by atoms with E-state index in [0.29, 0.717) is 29.5 Å². The van der Waals surface area contributed by atoms with Gasteiger partial charge in [0.25, 0.3) is 0 Å². The topological polar surface area (TPSA) is 164 Å². The van der Waals surface area contributed by atoms with E-state index in [4.69, 9.17) is 18.9 Å². The van der Waals surface area contributed by atoms with Crippen molar-refractivity contribution in [1.29, 1.82) is 0 Å². The molecule has 3 N–H and O–H groups in total. The summed E-state index contributed by atoms with van der Waals surface area (Å²) in [6, 6.07) is 27.2. The van der Waals surface area contributed by atoms with E-state index in [0.717, 1.165) is 36.1 Å². The van der Waals surface area contributed by atoms with E-state index in [-0.39, 0.29) is 50.0 Å². The lowest BCUT2D eigenvalue weighted by Crippen LogP contribution is -2.55. The van der Waals surface area contributed by atoms with Gasteiger partial charge in [0.05, 0.1) is 36.9 Å². The van der Waals surface area contributed by atoms with Crippen LogP contribution in [0.4, 0.5) is 10.5 Å². The standard InChI is InChI=1S/C51H53N3O10/c1-3-28-52-46(56)41-43-47(57)64-44(36-18-10-7-11-19-36)42(35-16-8-6-9-17-35)54(43)45(37-20-12-13-21-40(37)62-30-29-55)51(41)38-33-34(24-27-50(60)25-14-4-5-15-26-50)22-23-39(38)53(48(51)58)49(59)63-32-31-61-2/h3,6-13,16-23,33,41-45,55,60H,1,4-5,14-15,25-26,28-32H2,2H3,(H,52,56)/t41-,42-,43-,44+,45+,51-/m1/s1. The van der Waals surface area contributed by atoms with Crippen LogP contribution in [0.25, 0.3) is 0 Å². The molecule has 4 aromatic rings. The fourth-order valence-corrected chi connectivity index (χ4v) is 10.1. The van der Waals surface area contributed by atoms with Crippen LogP contribution in [0.15, 0.2) is 116 Å². The predicted octanol–water partition coefficient (Wildman–Crippen LogP) is 6.25. The first kappa shape index (κ1) is 44.3. The maximum atomic E-state index is 16.3. The number of hydrogen-bond acceptors (Lipinski definition) is 11. The predicted molar refractivity (Wildman–Crippen MR) is 237 cm³/mol. The minimum Gasteiger partial charge on any atom is -0.491 e. The number of hydrogen-bond donors (Lipinski definition) is 3. The van der Waals surface area contributed by atoms with Crippen LogP contribution in [0, 0.1) is 17.8 Å². The minimum atomic E-state index is -2.08. The zero-order valence-electron chi connectivity index (χ0n) is 35.8. The lowest BCUT2D eigenvalue weighted by Gasteiger charge is -2.46. The second kappa shape index (κ2) is 19.2. The van der Waals surface area contributed by atoms with E-state index in [9.17, 15) is 15.0 Å². The van der Waals surface area contributed by atoms with Crippen LogP contribution in [-0.4, -0.2) is 90.7 Å². The van der Waals surface area contributed by atoms with Crippen molar-refractivity contribution in [1.82, 2.24) is 10.2 Å². The number of carbonyl (C=O) groups excluding carboxylic acids is 4. The summed E-state index contributed by atoms with van der Waals surface area (Å²) in [6.07, 6.45) is 4.23. The van der Waals surface area contributed by atoms with Crippen molar-refractivity contribution in [2.75, 3.05) is 45.0 Å². The average Bonchev–Trinajstić information content (AvgIpc) is 3.65. The summed E-state index contributed by atoms with van der Waals surface area (Å²) < 4.78 is 23.6. The van der Waals surface area contributed by atoms with Crippen molar-refractivity contribution in [2.45, 2.75) is 73.8 Å². The third-order valence-corrected chi connectivity index (χ3v) is 12.8. The molecule has 3 heterocycles. The van der Waals surface area contributed by atoms with Crippen LogP contribution >= 0.6 is 0 Å². The third-order valence-electron chi connectivity index (χ3n) is 12.8. The van der Waals surface area contributed by atoms with Crippen molar-refractivity contribution in [2.24, 2.45) is 5.92 Å². The van der Waals surface area contributed by atoms with E-state index in [2.05, 4.69) is 23.7 Å². The summed E-state index contributed by atoms with van der Waals surface area (Å²) >= 11 is 0. The van der Waals surface area contributed by atoms with Crippen molar-refractivity contribution in [3.8, 4) is 17.6 Å². The second-order valence-electron chi connectivity index (χ2n) is 16.6. The number of nitrogens with one attached hydrogen (secondary N) is 1. The van der Waals surface area contributed by atoms with E-state index < -0.39 is 65.0 Å². The van der Waals surface area contributed by atoms with Gasteiger partial charge >= 0.3 is 12.1 Å². The Labute approximate surface area is 373 Å². The van der Waals surface area contributed by atoms with Crippen LogP contribution in [0.1, 0.15) is 84.5 Å². The molecule has 0 radical (unpaired) electrons. The zero-order valence-corrected chi connectivity index (χ0v) is 35.8. The number of para-hydroxylation sites is 1. The van der Waals surface area contributed by atoms with Gasteiger partial charge in [-0.3, -0.25) is 19.3 Å². The maximum absolute atomic E-state index is 16.3. The highest BCUT2D eigenvalue weighted by molar-refractivity contribution is 6.23. The molecule has 13 nitrogen and oxygen atoms in total. The fraction of sp³-hybridized carbons (Fsp3) is 0.373. The normalized spacial score (nSPS) is 24.7.